The number of pyridine rings is 1. The minimum atomic E-state index is 0.0213. The topological polar surface area (TPSA) is 38.5 Å². The highest BCUT2D eigenvalue weighted by Gasteiger charge is 2.17. The van der Waals surface area contributed by atoms with Crippen LogP contribution in [0.3, 0.4) is 0 Å². The standard InChI is InChI=1S/C17H15NO2/c1-3-16(20)17-13-6-4-5-7-14(13)18-10-12(11(2)19)8-9-15(17)18/h4-10H,3H2,1-2H3. The summed E-state index contributed by atoms with van der Waals surface area (Å²) in [4.78, 5) is 23.8. The molecule has 3 aromatic rings. The van der Waals surface area contributed by atoms with E-state index in [-0.39, 0.29) is 11.6 Å². The summed E-state index contributed by atoms with van der Waals surface area (Å²) in [6.45, 7) is 3.41. The van der Waals surface area contributed by atoms with Crippen molar-refractivity contribution in [3.8, 4) is 0 Å². The number of hydrogen-bond donors (Lipinski definition) is 0. The molecule has 0 amide bonds. The van der Waals surface area contributed by atoms with E-state index in [0.29, 0.717) is 12.0 Å². The summed E-state index contributed by atoms with van der Waals surface area (Å²) in [5.74, 6) is 0.146. The third-order valence-corrected chi connectivity index (χ3v) is 3.64. The van der Waals surface area contributed by atoms with Gasteiger partial charge in [-0.15, -0.1) is 0 Å². The summed E-state index contributed by atoms with van der Waals surface area (Å²) in [6, 6.07) is 11.4. The number of Topliss-reactive ketones (excluding diaryl/α,β-unsaturated/α-hetero) is 2. The fourth-order valence-corrected chi connectivity index (χ4v) is 2.61. The number of rotatable bonds is 3. The van der Waals surface area contributed by atoms with E-state index in [1.807, 2.05) is 47.9 Å². The number of aromatic nitrogens is 1. The van der Waals surface area contributed by atoms with Gasteiger partial charge in [0.15, 0.2) is 11.6 Å². The zero-order valence-corrected chi connectivity index (χ0v) is 11.5. The largest absolute Gasteiger partial charge is 0.315 e. The molecule has 3 rings (SSSR count). The van der Waals surface area contributed by atoms with Gasteiger partial charge in [0.2, 0.25) is 0 Å². The van der Waals surface area contributed by atoms with Gasteiger partial charge in [-0.3, -0.25) is 9.59 Å². The minimum Gasteiger partial charge on any atom is -0.315 e. The first-order chi connectivity index (χ1) is 9.63. The Labute approximate surface area is 116 Å². The Morgan fingerprint density at radius 1 is 1.05 bits per heavy atom. The molecule has 2 heterocycles. The lowest BCUT2D eigenvalue weighted by molar-refractivity contribution is 0.0989. The third-order valence-electron chi connectivity index (χ3n) is 3.64. The molecule has 0 aliphatic rings. The van der Waals surface area contributed by atoms with Gasteiger partial charge in [-0.05, 0) is 25.1 Å². The van der Waals surface area contributed by atoms with Gasteiger partial charge >= 0.3 is 0 Å². The van der Waals surface area contributed by atoms with E-state index >= 15 is 0 Å². The van der Waals surface area contributed by atoms with E-state index in [4.69, 9.17) is 0 Å². The van der Waals surface area contributed by atoms with Crippen LogP contribution in [0.5, 0.6) is 0 Å². The summed E-state index contributed by atoms with van der Waals surface area (Å²) in [5.41, 5.74) is 3.22. The van der Waals surface area contributed by atoms with Gasteiger partial charge in [0.1, 0.15) is 0 Å². The predicted molar refractivity (Wildman–Crippen MR) is 79.5 cm³/mol. The van der Waals surface area contributed by atoms with Crippen molar-refractivity contribution >= 4 is 28.0 Å². The molecule has 0 N–H and O–H groups in total. The monoisotopic (exact) mass is 265 g/mol. The molecule has 1 aromatic carbocycles. The van der Waals surface area contributed by atoms with Crippen molar-refractivity contribution in [3.63, 3.8) is 0 Å². The van der Waals surface area contributed by atoms with Crippen LogP contribution in [-0.4, -0.2) is 16.0 Å². The van der Waals surface area contributed by atoms with E-state index in [0.717, 1.165) is 22.0 Å². The van der Waals surface area contributed by atoms with Gasteiger partial charge in [0, 0.05) is 23.6 Å². The lowest BCUT2D eigenvalue weighted by Crippen LogP contribution is -1.98. The second kappa shape index (κ2) is 4.60. The zero-order valence-electron chi connectivity index (χ0n) is 11.5. The van der Waals surface area contributed by atoms with E-state index in [1.54, 1.807) is 13.0 Å². The second-order valence-electron chi connectivity index (χ2n) is 4.90. The summed E-state index contributed by atoms with van der Waals surface area (Å²) in [5, 5.41) is 0.944. The zero-order chi connectivity index (χ0) is 14.3. The lowest BCUT2D eigenvalue weighted by atomic mass is 10.1. The molecule has 0 saturated heterocycles. The molecule has 3 heteroatoms. The van der Waals surface area contributed by atoms with Crippen molar-refractivity contribution in [3.05, 3.63) is 53.7 Å². The number of carbonyl (C=O) groups excluding carboxylic acids is 2. The fraction of sp³-hybridized carbons (Fsp3) is 0.176. The maximum absolute atomic E-state index is 12.2. The SMILES string of the molecule is CCC(=O)c1c2ccccc2n2cc(C(C)=O)ccc12. The number of nitrogens with zero attached hydrogens (tertiary/aromatic N) is 1. The number of carbonyl (C=O) groups is 2. The molecule has 0 saturated carbocycles. The number of benzene rings is 1. The quantitative estimate of drug-likeness (QED) is 0.674. The van der Waals surface area contributed by atoms with Gasteiger partial charge < -0.3 is 4.40 Å². The molecule has 0 unspecified atom stereocenters. The van der Waals surface area contributed by atoms with Crippen LogP contribution in [0.25, 0.3) is 16.4 Å². The Balaban J connectivity index is 2.47. The molecule has 0 bridgehead atoms. The van der Waals surface area contributed by atoms with Crippen molar-refractivity contribution in [2.24, 2.45) is 0 Å². The van der Waals surface area contributed by atoms with Gasteiger partial charge in [0.25, 0.3) is 0 Å². The van der Waals surface area contributed by atoms with E-state index < -0.39 is 0 Å². The van der Waals surface area contributed by atoms with Gasteiger partial charge in [-0.2, -0.15) is 0 Å². The Morgan fingerprint density at radius 3 is 2.50 bits per heavy atom. The average molecular weight is 265 g/mol. The maximum Gasteiger partial charge on any atom is 0.165 e. The van der Waals surface area contributed by atoms with Crippen molar-refractivity contribution in [1.29, 1.82) is 0 Å². The minimum absolute atomic E-state index is 0.0213. The van der Waals surface area contributed by atoms with Crippen LogP contribution in [0.2, 0.25) is 0 Å². The van der Waals surface area contributed by atoms with Crippen LogP contribution < -0.4 is 0 Å². The molecule has 0 radical (unpaired) electrons. The first kappa shape index (κ1) is 12.6. The van der Waals surface area contributed by atoms with Crippen molar-refractivity contribution in [2.45, 2.75) is 20.3 Å². The molecule has 0 atom stereocenters. The Kier molecular flexibility index (Phi) is 2.90. The average Bonchev–Trinajstić information content (AvgIpc) is 2.80. The van der Waals surface area contributed by atoms with Gasteiger partial charge in [-0.1, -0.05) is 25.1 Å². The summed E-state index contributed by atoms with van der Waals surface area (Å²) < 4.78 is 1.94. The molecular weight excluding hydrogens is 250 g/mol. The molecule has 20 heavy (non-hydrogen) atoms. The Morgan fingerprint density at radius 2 is 1.80 bits per heavy atom. The van der Waals surface area contributed by atoms with Gasteiger partial charge in [0.05, 0.1) is 16.6 Å². The van der Waals surface area contributed by atoms with Crippen LogP contribution in [0.1, 0.15) is 41.0 Å². The molecule has 0 spiro atoms. The molecule has 0 fully saturated rings. The molecule has 0 aliphatic heterocycles. The third kappa shape index (κ3) is 1.74. The molecule has 100 valence electrons. The van der Waals surface area contributed by atoms with Gasteiger partial charge in [-0.25, -0.2) is 0 Å². The van der Waals surface area contributed by atoms with Crippen LogP contribution in [-0.2, 0) is 0 Å². The van der Waals surface area contributed by atoms with Crippen LogP contribution in [0, 0.1) is 0 Å². The van der Waals surface area contributed by atoms with Crippen molar-refractivity contribution < 1.29 is 9.59 Å². The van der Waals surface area contributed by atoms with E-state index in [2.05, 4.69) is 0 Å². The van der Waals surface area contributed by atoms with E-state index in [1.165, 1.54) is 0 Å². The molecular formula is C17H15NO2. The second-order valence-corrected chi connectivity index (χ2v) is 4.90. The highest BCUT2D eigenvalue weighted by Crippen LogP contribution is 2.28. The molecule has 3 nitrogen and oxygen atoms in total. The Bertz CT molecular complexity index is 843. The van der Waals surface area contributed by atoms with Crippen LogP contribution >= 0.6 is 0 Å². The number of hydrogen-bond acceptors (Lipinski definition) is 2. The summed E-state index contributed by atoms with van der Waals surface area (Å²) >= 11 is 0. The van der Waals surface area contributed by atoms with Crippen molar-refractivity contribution in [2.75, 3.05) is 0 Å². The number of ketones is 2. The fourth-order valence-electron chi connectivity index (χ4n) is 2.61. The highest BCUT2D eigenvalue weighted by molar-refractivity contribution is 6.14. The number of fused-ring (bicyclic) bond motifs is 3. The van der Waals surface area contributed by atoms with E-state index in [9.17, 15) is 9.59 Å². The summed E-state index contributed by atoms with van der Waals surface area (Å²) in [7, 11) is 0. The van der Waals surface area contributed by atoms with Crippen LogP contribution in [0.15, 0.2) is 42.6 Å². The van der Waals surface area contributed by atoms with Crippen LogP contribution in [0.4, 0.5) is 0 Å². The normalized spacial score (nSPS) is 11.1. The predicted octanol–water partition coefficient (Wildman–Crippen LogP) is 3.89. The summed E-state index contributed by atoms with van der Waals surface area (Å²) in [6.07, 6.45) is 2.28. The maximum atomic E-state index is 12.2. The molecule has 2 aromatic heterocycles. The highest BCUT2D eigenvalue weighted by atomic mass is 16.1. The first-order valence-corrected chi connectivity index (χ1v) is 6.70. The molecule has 0 aliphatic carbocycles. The van der Waals surface area contributed by atoms with Crippen molar-refractivity contribution in [1.82, 2.24) is 4.40 Å². The Hall–Kier alpha value is -2.42. The smallest absolute Gasteiger partial charge is 0.165 e. The lowest BCUT2D eigenvalue weighted by Gasteiger charge is -2.01. The first-order valence-electron chi connectivity index (χ1n) is 6.70. The number of para-hydroxylation sites is 1.